The molecule has 2 aliphatic rings. The lowest BCUT2D eigenvalue weighted by molar-refractivity contribution is -0.173. The van der Waals surface area contributed by atoms with E-state index in [0.717, 1.165) is 16.9 Å². The van der Waals surface area contributed by atoms with Gasteiger partial charge in [-0.3, -0.25) is 5.41 Å². The molecular weight excluding hydrogens is 220 g/mol. The van der Waals surface area contributed by atoms with E-state index < -0.39 is 5.91 Å². The van der Waals surface area contributed by atoms with Crippen molar-refractivity contribution in [1.29, 1.82) is 5.41 Å². The molecule has 90 valence electrons. The summed E-state index contributed by atoms with van der Waals surface area (Å²) in [5.41, 5.74) is 1.63. The Morgan fingerprint density at radius 1 is 1.41 bits per heavy atom. The molecule has 5 heteroatoms. The Hall–Kier alpha value is -1.59. The summed E-state index contributed by atoms with van der Waals surface area (Å²) in [6.45, 7) is 3.60. The van der Waals surface area contributed by atoms with Crippen LogP contribution in [0.4, 0.5) is 0 Å². The van der Waals surface area contributed by atoms with Crippen LogP contribution in [0.25, 0.3) is 0 Å². The first-order valence-electron chi connectivity index (χ1n) is 5.67. The van der Waals surface area contributed by atoms with Crippen LogP contribution in [-0.4, -0.2) is 25.7 Å². The van der Waals surface area contributed by atoms with Gasteiger partial charge in [0, 0.05) is 11.1 Å². The summed E-state index contributed by atoms with van der Waals surface area (Å²) in [6, 6.07) is 5.58. The Kier molecular flexibility index (Phi) is 2.31. The third-order valence-electron chi connectivity index (χ3n) is 2.91. The monoisotopic (exact) mass is 234 g/mol. The predicted molar refractivity (Wildman–Crippen MR) is 61.2 cm³/mol. The fourth-order valence-corrected chi connectivity index (χ4v) is 2.21. The second-order valence-corrected chi connectivity index (χ2v) is 3.95. The average Bonchev–Trinajstić information content (AvgIpc) is 2.88. The smallest absolute Gasteiger partial charge is 0.279 e. The highest BCUT2D eigenvalue weighted by Crippen LogP contribution is 2.38. The second-order valence-electron chi connectivity index (χ2n) is 3.95. The molecule has 2 N–H and O–H groups in total. The normalized spacial score (nSPS) is 20.4. The molecule has 3 rings (SSSR count). The van der Waals surface area contributed by atoms with Crippen molar-refractivity contribution < 1.29 is 14.2 Å². The van der Waals surface area contributed by atoms with Crippen LogP contribution in [0.15, 0.2) is 18.2 Å². The minimum Gasteiger partial charge on any atom is -0.494 e. The Balaban J connectivity index is 2.06. The van der Waals surface area contributed by atoms with Crippen molar-refractivity contribution in [3.05, 3.63) is 29.3 Å². The molecule has 0 aromatic heterocycles. The summed E-state index contributed by atoms with van der Waals surface area (Å²) in [6.07, 6.45) is 0. The highest BCUT2D eigenvalue weighted by Gasteiger charge is 2.47. The van der Waals surface area contributed by atoms with E-state index in [0.29, 0.717) is 25.7 Å². The standard InChI is InChI=1S/C12H14N2O3/c1-2-15-8-3-4-9-10(7-8)12(14-11(9)13)16-5-6-17-12/h3-4,7H,2,5-6H2,1H3,(H2,13,14). The van der Waals surface area contributed by atoms with E-state index in [1.807, 2.05) is 25.1 Å². The van der Waals surface area contributed by atoms with Crippen molar-refractivity contribution >= 4 is 5.84 Å². The molecule has 17 heavy (non-hydrogen) atoms. The van der Waals surface area contributed by atoms with Crippen molar-refractivity contribution in [3.8, 4) is 5.75 Å². The molecular formula is C12H14N2O3. The summed E-state index contributed by atoms with van der Waals surface area (Å²) < 4.78 is 16.7. The van der Waals surface area contributed by atoms with Gasteiger partial charge in [0.1, 0.15) is 11.6 Å². The van der Waals surface area contributed by atoms with E-state index >= 15 is 0 Å². The third kappa shape index (κ3) is 1.50. The molecule has 2 heterocycles. The molecule has 0 radical (unpaired) electrons. The Morgan fingerprint density at radius 3 is 2.88 bits per heavy atom. The van der Waals surface area contributed by atoms with Crippen LogP contribution in [0.1, 0.15) is 18.1 Å². The predicted octanol–water partition coefficient (Wildman–Crippen LogP) is 1.17. The zero-order valence-corrected chi connectivity index (χ0v) is 9.58. The van der Waals surface area contributed by atoms with E-state index in [1.54, 1.807) is 0 Å². The molecule has 1 aromatic rings. The zero-order chi connectivity index (χ0) is 11.9. The first-order valence-corrected chi connectivity index (χ1v) is 5.67. The topological polar surface area (TPSA) is 63.6 Å². The molecule has 0 unspecified atom stereocenters. The van der Waals surface area contributed by atoms with Gasteiger partial charge in [0.15, 0.2) is 0 Å². The number of ether oxygens (including phenoxy) is 3. The fourth-order valence-electron chi connectivity index (χ4n) is 2.21. The van der Waals surface area contributed by atoms with Gasteiger partial charge in [0.2, 0.25) is 0 Å². The summed E-state index contributed by atoms with van der Waals surface area (Å²) in [7, 11) is 0. The van der Waals surface area contributed by atoms with Crippen molar-refractivity contribution in [3.63, 3.8) is 0 Å². The minimum atomic E-state index is -0.973. The number of rotatable bonds is 2. The summed E-state index contributed by atoms with van der Waals surface area (Å²) >= 11 is 0. The van der Waals surface area contributed by atoms with E-state index in [2.05, 4.69) is 5.32 Å². The molecule has 0 amide bonds. The van der Waals surface area contributed by atoms with Crippen LogP contribution < -0.4 is 10.1 Å². The number of fused-ring (bicyclic) bond motifs is 2. The Morgan fingerprint density at radius 2 is 2.18 bits per heavy atom. The van der Waals surface area contributed by atoms with Crippen LogP contribution in [0.5, 0.6) is 5.75 Å². The van der Waals surface area contributed by atoms with Crippen LogP contribution in [0, 0.1) is 5.41 Å². The minimum absolute atomic E-state index is 0.324. The summed E-state index contributed by atoms with van der Waals surface area (Å²) in [4.78, 5) is 0. The van der Waals surface area contributed by atoms with E-state index in [-0.39, 0.29) is 0 Å². The van der Waals surface area contributed by atoms with Gasteiger partial charge >= 0.3 is 0 Å². The van der Waals surface area contributed by atoms with Gasteiger partial charge < -0.3 is 19.5 Å². The molecule has 1 fully saturated rings. The lowest BCUT2D eigenvalue weighted by Gasteiger charge is -2.22. The van der Waals surface area contributed by atoms with Crippen LogP contribution in [0.3, 0.4) is 0 Å². The molecule has 5 nitrogen and oxygen atoms in total. The van der Waals surface area contributed by atoms with E-state index in [1.165, 1.54) is 0 Å². The number of hydrogen-bond donors (Lipinski definition) is 2. The SMILES string of the molecule is CCOc1ccc2c(c1)C1(NC2=N)OCCO1. The van der Waals surface area contributed by atoms with Crippen molar-refractivity contribution in [2.45, 2.75) is 12.8 Å². The van der Waals surface area contributed by atoms with Gasteiger partial charge in [-0.05, 0) is 25.1 Å². The van der Waals surface area contributed by atoms with Crippen molar-refractivity contribution in [1.82, 2.24) is 5.32 Å². The van der Waals surface area contributed by atoms with Gasteiger partial charge in [0.25, 0.3) is 5.91 Å². The molecule has 2 aliphatic heterocycles. The highest BCUT2D eigenvalue weighted by molar-refractivity contribution is 6.01. The van der Waals surface area contributed by atoms with Gasteiger partial charge in [-0.2, -0.15) is 0 Å². The van der Waals surface area contributed by atoms with E-state index in [4.69, 9.17) is 19.6 Å². The highest BCUT2D eigenvalue weighted by atomic mass is 16.8. The number of nitrogens with one attached hydrogen (secondary N) is 2. The quantitative estimate of drug-likeness (QED) is 0.806. The lowest BCUT2D eigenvalue weighted by Crippen LogP contribution is -2.40. The lowest BCUT2D eigenvalue weighted by atomic mass is 10.1. The molecule has 0 saturated carbocycles. The average molecular weight is 234 g/mol. The van der Waals surface area contributed by atoms with Crippen LogP contribution >= 0.6 is 0 Å². The molecule has 0 aliphatic carbocycles. The zero-order valence-electron chi connectivity index (χ0n) is 9.58. The molecule has 0 bridgehead atoms. The van der Waals surface area contributed by atoms with E-state index in [9.17, 15) is 0 Å². The summed E-state index contributed by atoms with van der Waals surface area (Å²) in [5, 5.41) is 10.8. The maximum Gasteiger partial charge on any atom is 0.279 e. The van der Waals surface area contributed by atoms with Crippen molar-refractivity contribution in [2.75, 3.05) is 19.8 Å². The van der Waals surface area contributed by atoms with Gasteiger partial charge in [-0.25, -0.2) is 0 Å². The first-order chi connectivity index (χ1) is 8.25. The molecule has 1 aromatic carbocycles. The van der Waals surface area contributed by atoms with Crippen LogP contribution in [0.2, 0.25) is 0 Å². The number of hydrogen-bond acceptors (Lipinski definition) is 4. The Labute approximate surface area is 99.2 Å². The second kappa shape index (κ2) is 3.72. The maximum atomic E-state index is 7.88. The maximum absolute atomic E-state index is 7.88. The van der Waals surface area contributed by atoms with Gasteiger partial charge in [-0.15, -0.1) is 0 Å². The number of benzene rings is 1. The first kappa shape index (κ1) is 10.6. The number of amidine groups is 1. The van der Waals surface area contributed by atoms with Crippen molar-refractivity contribution in [2.24, 2.45) is 0 Å². The van der Waals surface area contributed by atoms with Gasteiger partial charge in [-0.1, -0.05) is 0 Å². The van der Waals surface area contributed by atoms with Gasteiger partial charge in [0.05, 0.1) is 19.8 Å². The Bertz CT molecular complexity index is 467. The third-order valence-corrected chi connectivity index (χ3v) is 2.91. The molecule has 1 spiro atoms. The molecule has 1 saturated heterocycles. The molecule has 0 atom stereocenters. The van der Waals surface area contributed by atoms with Crippen LogP contribution in [-0.2, 0) is 15.4 Å². The fraction of sp³-hybridized carbons (Fsp3) is 0.417. The summed E-state index contributed by atoms with van der Waals surface area (Å²) in [5.74, 6) is 0.116. The largest absolute Gasteiger partial charge is 0.494 e.